The third-order valence-electron chi connectivity index (χ3n) is 12.7. The second kappa shape index (κ2) is 58.7. The van der Waals surface area contributed by atoms with Gasteiger partial charge in [0.25, 0.3) is 0 Å². The molecule has 0 aliphatic heterocycles. The van der Waals surface area contributed by atoms with E-state index in [1.165, 1.54) is 180 Å². The Morgan fingerprint density at radius 2 is 0.662 bits per heavy atom. The lowest BCUT2D eigenvalue weighted by molar-refractivity contribution is -0.163. The Balaban J connectivity index is 4.28. The number of carbonyl (C=O) groups is 2. The molecular formula is C63H112O5. The quantitative estimate of drug-likeness (QED) is 0.0345. The summed E-state index contributed by atoms with van der Waals surface area (Å²) in [6, 6.07) is 0. The van der Waals surface area contributed by atoms with E-state index < -0.39 is 6.10 Å². The van der Waals surface area contributed by atoms with Gasteiger partial charge in [-0.3, -0.25) is 9.59 Å². The van der Waals surface area contributed by atoms with Crippen molar-refractivity contribution in [3.63, 3.8) is 0 Å². The smallest absolute Gasteiger partial charge is 0.306 e. The molecule has 68 heavy (non-hydrogen) atoms. The molecule has 394 valence electrons. The van der Waals surface area contributed by atoms with Crippen LogP contribution in [-0.4, -0.2) is 37.9 Å². The summed E-state index contributed by atoms with van der Waals surface area (Å²) in [7, 11) is 0. The SMILES string of the molecule is CC/C=C\C/C=C\C/C=C\CCCCCCCCCCOCC(COC(=O)CCCCCCCCCCC/C=C\C/C=C\CCCCC)OC(=O)CCCCCCC/C=C\CCCCCCCC. The predicted octanol–water partition coefficient (Wildman–Crippen LogP) is 20.2. The molecule has 0 heterocycles. The minimum Gasteiger partial charge on any atom is -0.462 e. The first-order valence-corrected chi connectivity index (χ1v) is 29.5. The minimum atomic E-state index is -0.549. The van der Waals surface area contributed by atoms with Crippen molar-refractivity contribution >= 4 is 11.9 Å². The first-order valence-electron chi connectivity index (χ1n) is 29.5. The third-order valence-corrected chi connectivity index (χ3v) is 12.7. The van der Waals surface area contributed by atoms with Gasteiger partial charge in [0, 0.05) is 19.4 Å². The minimum absolute atomic E-state index is 0.0761. The second-order valence-electron chi connectivity index (χ2n) is 19.5. The van der Waals surface area contributed by atoms with Crippen molar-refractivity contribution < 1.29 is 23.8 Å². The van der Waals surface area contributed by atoms with E-state index >= 15 is 0 Å². The molecule has 5 nitrogen and oxygen atoms in total. The van der Waals surface area contributed by atoms with Gasteiger partial charge in [0.1, 0.15) is 6.61 Å². The highest BCUT2D eigenvalue weighted by molar-refractivity contribution is 5.70. The van der Waals surface area contributed by atoms with Gasteiger partial charge in [-0.15, -0.1) is 0 Å². The Morgan fingerprint density at radius 3 is 1.10 bits per heavy atom. The van der Waals surface area contributed by atoms with Gasteiger partial charge < -0.3 is 14.2 Å². The molecule has 0 radical (unpaired) electrons. The van der Waals surface area contributed by atoms with E-state index in [9.17, 15) is 9.59 Å². The van der Waals surface area contributed by atoms with Gasteiger partial charge in [-0.25, -0.2) is 0 Å². The average Bonchev–Trinajstić information content (AvgIpc) is 3.34. The molecule has 0 rings (SSSR count). The fourth-order valence-corrected chi connectivity index (χ4v) is 8.32. The monoisotopic (exact) mass is 949 g/mol. The molecule has 0 saturated heterocycles. The molecule has 0 aliphatic rings. The summed E-state index contributed by atoms with van der Waals surface area (Å²) in [5.74, 6) is -0.407. The van der Waals surface area contributed by atoms with Crippen LogP contribution in [0.5, 0.6) is 0 Å². The average molecular weight is 950 g/mol. The van der Waals surface area contributed by atoms with Crippen molar-refractivity contribution in [1.29, 1.82) is 0 Å². The lowest BCUT2D eigenvalue weighted by Crippen LogP contribution is -2.30. The van der Waals surface area contributed by atoms with Crippen LogP contribution < -0.4 is 0 Å². The van der Waals surface area contributed by atoms with Crippen LogP contribution in [0.15, 0.2) is 72.9 Å². The number of rotatable bonds is 54. The topological polar surface area (TPSA) is 61.8 Å². The van der Waals surface area contributed by atoms with E-state index in [0.29, 0.717) is 19.4 Å². The molecule has 5 heteroatoms. The van der Waals surface area contributed by atoms with Gasteiger partial charge >= 0.3 is 11.9 Å². The normalized spacial score (nSPS) is 12.7. The van der Waals surface area contributed by atoms with E-state index in [1.807, 2.05) is 0 Å². The predicted molar refractivity (Wildman–Crippen MR) is 297 cm³/mol. The van der Waals surface area contributed by atoms with Gasteiger partial charge in [0.05, 0.1) is 6.61 Å². The molecule has 0 fully saturated rings. The number of ether oxygens (including phenoxy) is 3. The number of carbonyl (C=O) groups excluding carboxylic acids is 2. The highest BCUT2D eigenvalue weighted by Crippen LogP contribution is 2.15. The Labute approximate surface area is 423 Å². The van der Waals surface area contributed by atoms with Crippen LogP contribution in [0.4, 0.5) is 0 Å². The number of unbranched alkanes of at least 4 members (excludes halogenated alkanes) is 31. The lowest BCUT2D eigenvalue weighted by Gasteiger charge is -2.18. The molecule has 0 aromatic heterocycles. The molecule has 0 spiro atoms. The van der Waals surface area contributed by atoms with Gasteiger partial charge in [0.15, 0.2) is 6.10 Å². The summed E-state index contributed by atoms with van der Waals surface area (Å²) < 4.78 is 17.5. The van der Waals surface area contributed by atoms with Gasteiger partial charge in [-0.2, -0.15) is 0 Å². The van der Waals surface area contributed by atoms with Crippen molar-refractivity contribution in [3.8, 4) is 0 Å². The number of allylic oxidation sites excluding steroid dienone is 12. The molecule has 0 aromatic carbocycles. The number of esters is 2. The third kappa shape index (κ3) is 55.9. The van der Waals surface area contributed by atoms with E-state index in [4.69, 9.17) is 14.2 Å². The maximum absolute atomic E-state index is 12.9. The summed E-state index contributed by atoms with van der Waals surface area (Å²) in [4.78, 5) is 25.5. The summed E-state index contributed by atoms with van der Waals surface area (Å²) in [5.41, 5.74) is 0. The van der Waals surface area contributed by atoms with Crippen molar-refractivity contribution in [2.24, 2.45) is 0 Å². The Morgan fingerprint density at radius 1 is 0.338 bits per heavy atom. The molecule has 1 unspecified atom stereocenters. The van der Waals surface area contributed by atoms with Crippen LogP contribution in [0.1, 0.15) is 290 Å². The Hall–Kier alpha value is -2.66. The van der Waals surface area contributed by atoms with E-state index in [2.05, 4.69) is 93.7 Å². The zero-order valence-electron chi connectivity index (χ0n) is 45.4. The van der Waals surface area contributed by atoms with Crippen LogP contribution in [0.25, 0.3) is 0 Å². The van der Waals surface area contributed by atoms with E-state index in [-0.39, 0.29) is 25.2 Å². The Bertz CT molecular complexity index is 1210. The fourth-order valence-electron chi connectivity index (χ4n) is 8.32. The molecule has 0 aromatic rings. The Kier molecular flexibility index (Phi) is 56.4. The summed E-state index contributed by atoms with van der Waals surface area (Å²) in [6.45, 7) is 7.69. The summed E-state index contributed by atoms with van der Waals surface area (Å²) in [6.07, 6.45) is 76.3. The molecule has 0 bridgehead atoms. The largest absolute Gasteiger partial charge is 0.462 e. The van der Waals surface area contributed by atoms with E-state index in [0.717, 1.165) is 77.0 Å². The number of hydrogen-bond acceptors (Lipinski definition) is 5. The zero-order chi connectivity index (χ0) is 49.2. The highest BCUT2D eigenvalue weighted by Gasteiger charge is 2.17. The highest BCUT2D eigenvalue weighted by atomic mass is 16.6. The van der Waals surface area contributed by atoms with E-state index in [1.54, 1.807) is 0 Å². The van der Waals surface area contributed by atoms with Crippen LogP contribution >= 0.6 is 0 Å². The van der Waals surface area contributed by atoms with Crippen molar-refractivity contribution in [3.05, 3.63) is 72.9 Å². The molecule has 0 aliphatic carbocycles. The van der Waals surface area contributed by atoms with Crippen LogP contribution in [0.3, 0.4) is 0 Å². The molecule has 1 atom stereocenters. The van der Waals surface area contributed by atoms with Crippen molar-refractivity contribution in [1.82, 2.24) is 0 Å². The fraction of sp³-hybridized carbons (Fsp3) is 0.778. The second-order valence-corrected chi connectivity index (χ2v) is 19.5. The zero-order valence-corrected chi connectivity index (χ0v) is 45.4. The molecule has 0 amide bonds. The van der Waals surface area contributed by atoms with Crippen molar-refractivity contribution in [2.45, 2.75) is 297 Å². The first-order chi connectivity index (χ1) is 33.6. The maximum atomic E-state index is 12.9. The van der Waals surface area contributed by atoms with Crippen LogP contribution in [0, 0.1) is 0 Å². The van der Waals surface area contributed by atoms with Crippen molar-refractivity contribution in [2.75, 3.05) is 19.8 Å². The summed E-state index contributed by atoms with van der Waals surface area (Å²) >= 11 is 0. The molecular weight excluding hydrogens is 837 g/mol. The maximum Gasteiger partial charge on any atom is 0.306 e. The van der Waals surface area contributed by atoms with Crippen LogP contribution in [0.2, 0.25) is 0 Å². The van der Waals surface area contributed by atoms with Crippen LogP contribution in [-0.2, 0) is 23.8 Å². The lowest BCUT2D eigenvalue weighted by atomic mass is 10.1. The standard InChI is InChI=1S/C63H112O5/c1-4-7-10-13-16-19-22-25-28-30-32-33-36-38-41-44-47-50-53-56-62(64)67-60-61(68-63(65)57-54-51-48-45-42-39-35-27-24-21-18-15-12-9-6-3)59-66-58-55-52-49-46-43-40-37-34-31-29-26-23-20-17-14-11-8-5-2/h8,11,16-17,19-20,25-29,35,61H,4-7,9-10,12-15,18,21-24,30-34,36-60H2,1-3H3/b11-8-,19-16-,20-17-,28-25-,29-26-,35-27-. The van der Waals surface area contributed by atoms with Gasteiger partial charge in [0.2, 0.25) is 0 Å². The first kappa shape index (κ1) is 65.3. The molecule has 0 saturated carbocycles. The molecule has 0 N–H and O–H groups in total. The summed E-state index contributed by atoms with van der Waals surface area (Å²) in [5, 5.41) is 0. The van der Waals surface area contributed by atoms with Gasteiger partial charge in [-0.1, -0.05) is 241 Å². The number of hydrogen-bond donors (Lipinski definition) is 0. The van der Waals surface area contributed by atoms with Gasteiger partial charge in [-0.05, 0) is 109 Å².